The molecule has 2 aliphatic carbocycles. The summed E-state index contributed by atoms with van der Waals surface area (Å²) in [5, 5.41) is 9.49. The zero-order chi connectivity index (χ0) is 20.9. The highest BCUT2D eigenvalue weighted by Gasteiger charge is 2.50. The Morgan fingerprint density at radius 3 is 2.57 bits per heavy atom. The number of rotatable bonds is 9. The average molecular weight is 387 g/mol. The van der Waals surface area contributed by atoms with Gasteiger partial charge in [0.05, 0.1) is 0 Å². The smallest absolute Gasteiger partial charge is 0.0468 e. The van der Waals surface area contributed by atoms with Crippen LogP contribution in [0.4, 0.5) is 0 Å². The normalized spacial score (nSPS) is 37.2. The van der Waals surface area contributed by atoms with Gasteiger partial charge in [0.2, 0.25) is 0 Å². The highest BCUT2D eigenvalue weighted by molar-refractivity contribution is 5.19. The number of hydrogen-bond donors (Lipinski definition) is 1. The first kappa shape index (κ1) is 23.5. The summed E-state index contributed by atoms with van der Waals surface area (Å²) < 4.78 is 0. The molecule has 0 aromatic carbocycles. The molecule has 1 heteroatoms. The van der Waals surface area contributed by atoms with Gasteiger partial charge in [-0.05, 0) is 86.4 Å². The van der Waals surface area contributed by atoms with E-state index in [2.05, 4.69) is 66.3 Å². The minimum absolute atomic E-state index is 0.283. The van der Waals surface area contributed by atoms with E-state index in [4.69, 9.17) is 0 Å². The molecule has 0 amide bonds. The molecule has 160 valence electrons. The fourth-order valence-corrected chi connectivity index (χ4v) is 6.61. The summed E-state index contributed by atoms with van der Waals surface area (Å²) in [5.41, 5.74) is 3.48. The SMILES string of the molecule is C=C(C)CC=C[C@@H](C)[C@H]1CCC([C@@H]2CC=C(CCO)[C@](C)(CC)C2)[C@]1(C)CC. The van der Waals surface area contributed by atoms with Gasteiger partial charge in [-0.25, -0.2) is 0 Å². The average Bonchev–Trinajstić information content (AvgIpc) is 3.01. The van der Waals surface area contributed by atoms with E-state index < -0.39 is 0 Å². The Bertz CT molecular complexity index is 585. The molecule has 1 fully saturated rings. The molecular formula is C27H46O. The van der Waals surface area contributed by atoms with E-state index in [1.54, 1.807) is 0 Å². The molecule has 0 radical (unpaired) electrons. The molecule has 0 spiro atoms. The zero-order valence-corrected chi connectivity index (χ0v) is 19.6. The molecular weight excluding hydrogens is 340 g/mol. The van der Waals surface area contributed by atoms with E-state index in [-0.39, 0.29) is 12.0 Å². The molecule has 0 aromatic heterocycles. The predicted molar refractivity (Wildman–Crippen MR) is 123 cm³/mol. The molecule has 1 N–H and O–H groups in total. The monoisotopic (exact) mass is 386 g/mol. The van der Waals surface area contributed by atoms with Crippen LogP contribution in [0.2, 0.25) is 0 Å². The fourth-order valence-electron chi connectivity index (χ4n) is 6.61. The van der Waals surface area contributed by atoms with Crippen LogP contribution in [0.3, 0.4) is 0 Å². The number of allylic oxidation sites excluding steroid dienone is 4. The van der Waals surface area contributed by atoms with Crippen LogP contribution in [0.1, 0.15) is 92.9 Å². The Balaban J connectivity index is 2.18. The predicted octanol–water partition coefficient (Wildman–Crippen LogP) is 7.72. The van der Waals surface area contributed by atoms with Crippen molar-refractivity contribution >= 4 is 0 Å². The van der Waals surface area contributed by atoms with Gasteiger partial charge in [0.25, 0.3) is 0 Å². The lowest BCUT2D eigenvalue weighted by Crippen LogP contribution is -2.38. The lowest BCUT2D eigenvalue weighted by atomic mass is 9.58. The van der Waals surface area contributed by atoms with Gasteiger partial charge in [-0.3, -0.25) is 0 Å². The maximum absolute atomic E-state index is 9.49. The highest BCUT2D eigenvalue weighted by Crippen LogP contribution is 2.59. The van der Waals surface area contributed by atoms with Crippen molar-refractivity contribution in [2.45, 2.75) is 92.9 Å². The van der Waals surface area contributed by atoms with E-state index in [1.807, 2.05) is 0 Å². The van der Waals surface area contributed by atoms with Gasteiger partial charge in [-0.1, -0.05) is 77.0 Å². The van der Waals surface area contributed by atoms with Crippen LogP contribution < -0.4 is 0 Å². The molecule has 28 heavy (non-hydrogen) atoms. The van der Waals surface area contributed by atoms with Crippen molar-refractivity contribution in [3.8, 4) is 0 Å². The second kappa shape index (κ2) is 9.79. The summed E-state index contributed by atoms with van der Waals surface area (Å²) in [4.78, 5) is 0. The number of aliphatic hydroxyl groups excluding tert-OH is 1. The van der Waals surface area contributed by atoms with Gasteiger partial charge in [-0.2, -0.15) is 0 Å². The zero-order valence-electron chi connectivity index (χ0n) is 19.6. The summed E-state index contributed by atoms with van der Waals surface area (Å²) in [6, 6.07) is 0. The Morgan fingerprint density at radius 2 is 2.00 bits per heavy atom. The summed E-state index contributed by atoms with van der Waals surface area (Å²) >= 11 is 0. The van der Waals surface area contributed by atoms with Crippen LogP contribution in [0, 0.1) is 34.5 Å². The van der Waals surface area contributed by atoms with Crippen molar-refractivity contribution in [3.63, 3.8) is 0 Å². The number of hydrogen-bond acceptors (Lipinski definition) is 1. The topological polar surface area (TPSA) is 20.2 Å². The molecule has 0 heterocycles. The van der Waals surface area contributed by atoms with E-state index >= 15 is 0 Å². The van der Waals surface area contributed by atoms with Crippen molar-refractivity contribution in [1.82, 2.24) is 0 Å². The van der Waals surface area contributed by atoms with E-state index in [9.17, 15) is 5.11 Å². The van der Waals surface area contributed by atoms with Gasteiger partial charge >= 0.3 is 0 Å². The highest BCUT2D eigenvalue weighted by atomic mass is 16.3. The maximum Gasteiger partial charge on any atom is 0.0468 e. The van der Waals surface area contributed by atoms with Crippen molar-refractivity contribution in [2.24, 2.45) is 34.5 Å². The first-order valence-electron chi connectivity index (χ1n) is 11.8. The van der Waals surface area contributed by atoms with Gasteiger partial charge < -0.3 is 5.11 Å². The molecule has 1 saturated carbocycles. The van der Waals surface area contributed by atoms with Crippen LogP contribution >= 0.6 is 0 Å². The van der Waals surface area contributed by atoms with Crippen molar-refractivity contribution < 1.29 is 5.11 Å². The Morgan fingerprint density at radius 1 is 1.29 bits per heavy atom. The van der Waals surface area contributed by atoms with Crippen LogP contribution in [-0.2, 0) is 0 Å². The molecule has 0 aromatic rings. The van der Waals surface area contributed by atoms with Crippen LogP contribution in [-0.4, -0.2) is 11.7 Å². The third-order valence-corrected chi connectivity index (χ3v) is 8.67. The third kappa shape index (κ3) is 4.84. The molecule has 0 bridgehead atoms. The summed E-state index contributed by atoms with van der Waals surface area (Å²) in [5.74, 6) is 3.07. The van der Waals surface area contributed by atoms with Gasteiger partial charge in [-0.15, -0.1) is 0 Å². The van der Waals surface area contributed by atoms with E-state index in [0.29, 0.717) is 11.3 Å². The molecule has 2 aliphatic rings. The van der Waals surface area contributed by atoms with Crippen molar-refractivity contribution in [2.75, 3.05) is 6.61 Å². The number of aliphatic hydroxyl groups is 1. The van der Waals surface area contributed by atoms with Crippen LogP contribution in [0.25, 0.3) is 0 Å². The first-order chi connectivity index (χ1) is 13.2. The summed E-state index contributed by atoms with van der Waals surface area (Å²) in [6.45, 7) is 18.7. The van der Waals surface area contributed by atoms with Crippen molar-refractivity contribution in [1.29, 1.82) is 0 Å². The Hall–Kier alpha value is -0.820. The molecule has 1 nitrogen and oxygen atoms in total. The lowest BCUT2D eigenvalue weighted by Gasteiger charge is -2.47. The standard InChI is InChI=1S/C27H46O/c1-8-26(6)19-22(13-14-23(26)17-18-28)25-16-15-24(27(25,7)9-2)21(5)12-10-11-20(3)4/h10,12,14,21-22,24-25,28H,3,8-9,11,13,15-19H2,1-2,4-7H3/t21-,22-,24-,25?,26-,27-/m1/s1. The largest absolute Gasteiger partial charge is 0.396 e. The second-order valence-corrected chi connectivity index (χ2v) is 10.4. The van der Waals surface area contributed by atoms with E-state index in [1.165, 1.54) is 49.7 Å². The van der Waals surface area contributed by atoms with Gasteiger partial charge in [0.1, 0.15) is 0 Å². The first-order valence-corrected chi connectivity index (χ1v) is 11.8. The van der Waals surface area contributed by atoms with Crippen LogP contribution in [0.5, 0.6) is 0 Å². The maximum atomic E-state index is 9.49. The molecule has 1 unspecified atom stereocenters. The van der Waals surface area contributed by atoms with Gasteiger partial charge in [0.15, 0.2) is 0 Å². The Kier molecular flexibility index (Phi) is 8.20. The van der Waals surface area contributed by atoms with Gasteiger partial charge in [0, 0.05) is 6.61 Å². The lowest BCUT2D eigenvalue weighted by molar-refractivity contribution is 0.0606. The third-order valence-electron chi connectivity index (χ3n) is 8.67. The van der Waals surface area contributed by atoms with Crippen molar-refractivity contribution in [3.05, 3.63) is 36.0 Å². The minimum Gasteiger partial charge on any atom is -0.396 e. The quantitative estimate of drug-likeness (QED) is 0.402. The molecule has 0 saturated heterocycles. The Labute approximate surface area is 175 Å². The molecule has 6 atom stereocenters. The van der Waals surface area contributed by atoms with Crippen LogP contribution in [0.15, 0.2) is 36.0 Å². The second-order valence-electron chi connectivity index (χ2n) is 10.4. The minimum atomic E-state index is 0.283. The summed E-state index contributed by atoms with van der Waals surface area (Å²) in [6.07, 6.45) is 17.0. The fraction of sp³-hybridized carbons (Fsp3) is 0.778. The van der Waals surface area contributed by atoms with E-state index in [0.717, 1.165) is 30.6 Å². The molecule has 0 aliphatic heterocycles. The summed E-state index contributed by atoms with van der Waals surface area (Å²) in [7, 11) is 0. The molecule has 2 rings (SSSR count).